The van der Waals surface area contributed by atoms with Gasteiger partial charge in [0.15, 0.2) is 0 Å². The molecule has 1 aliphatic rings. The highest BCUT2D eigenvalue weighted by Crippen LogP contribution is 2.13. The molecule has 0 aliphatic carbocycles. The Balaban J connectivity index is 1.88. The molecule has 0 radical (unpaired) electrons. The summed E-state index contributed by atoms with van der Waals surface area (Å²) in [5, 5.41) is 16.6. The zero-order valence-corrected chi connectivity index (χ0v) is 8.09. The Morgan fingerprint density at radius 3 is 3.29 bits per heavy atom. The second-order valence-corrected chi connectivity index (χ2v) is 3.54. The molecule has 1 aromatic heterocycles. The molecule has 1 atom stereocenters. The number of ether oxygens (including phenoxy) is 1. The summed E-state index contributed by atoms with van der Waals surface area (Å²) in [6.45, 7) is 1.76. The highest BCUT2D eigenvalue weighted by atomic mass is 16.5. The van der Waals surface area contributed by atoms with Crippen molar-refractivity contribution >= 4 is 0 Å². The van der Waals surface area contributed by atoms with Crippen molar-refractivity contribution in [2.24, 2.45) is 0 Å². The Morgan fingerprint density at radius 1 is 1.64 bits per heavy atom. The molecule has 5 nitrogen and oxygen atoms in total. The van der Waals surface area contributed by atoms with Crippen molar-refractivity contribution in [3.8, 4) is 0 Å². The van der Waals surface area contributed by atoms with E-state index in [1.54, 1.807) is 4.68 Å². The number of rotatable bonds is 4. The lowest BCUT2D eigenvalue weighted by molar-refractivity contribution is 0.0935. The molecule has 5 heteroatoms. The fourth-order valence-corrected chi connectivity index (χ4v) is 1.65. The highest BCUT2D eigenvalue weighted by molar-refractivity contribution is 4.92. The summed E-state index contributed by atoms with van der Waals surface area (Å²) in [6.07, 6.45) is 4.99. The van der Waals surface area contributed by atoms with Gasteiger partial charge >= 0.3 is 0 Å². The smallest absolute Gasteiger partial charge is 0.0849 e. The maximum Gasteiger partial charge on any atom is 0.0849 e. The van der Waals surface area contributed by atoms with Crippen LogP contribution in [0.3, 0.4) is 0 Å². The average molecular weight is 197 g/mol. The van der Waals surface area contributed by atoms with Crippen LogP contribution in [0.5, 0.6) is 0 Å². The molecule has 1 saturated heterocycles. The summed E-state index contributed by atoms with van der Waals surface area (Å²) >= 11 is 0. The summed E-state index contributed by atoms with van der Waals surface area (Å²) in [4.78, 5) is 0. The molecule has 78 valence electrons. The van der Waals surface area contributed by atoms with Gasteiger partial charge in [0.25, 0.3) is 0 Å². The number of aliphatic hydroxyl groups is 1. The minimum Gasteiger partial charge on any atom is -0.396 e. The molecule has 1 N–H and O–H groups in total. The van der Waals surface area contributed by atoms with Crippen LogP contribution in [-0.2, 0) is 17.7 Å². The van der Waals surface area contributed by atoms with E-state index in [2.05, 4.69) is 10.3 Å². The molecule has 14 heavy (non-hydrogen) atoms. The Labute approximate surface area is 82.7 Å². The molecule has 0 aromatic carbocycles. The second-order valence-electron chi connectivity index (χ2n) is 3.54. The topological polar surface area (TPSA) is 60.2 Å². The van der Waals surface area contributed by atoms with E-state index in [9.17, 15) is 0 Å². The van der Waals surface area contributed by atoms with Crippen molar-refractivity contribution in [2.75, 3.05) is 13.2 Å². The largest absolute Gasteiger partial charge is 0.396 e. The van der Waals surface area contributed by atoms with Crippen molar-refractivity contribution in [1.82, 2.24) is 15.0 Å². The van der Waals surface area contributed by atoms with Crippen LogP contribution in [0.15, 0.2) is 6.20 Å². The first-order valence-corrected chi connectivity index (χ1v) is 5.00. The van der Waals surface area contributed by atoms with E-state index in [-0.39, 0.29) is 6.61 Å². The molecular weight excluding hydrogens is 182 g/mol. The standard InChI is InChI=1S/C9H15N3O2/c13-4-3-8-6-12(11-10-8)7-9-2-1-5-14-9/h6,9,13H,1-5,7H2. The first-order chi connectivity index (χ1) is 6.88. The lowest BCUT2D eigenvalue weighted by Crippen LogP contribution is -2.15. The molecule has 2 rings (SSSR count). The minimum absolute atomic E-state index is 0.124. The van der Waals surface area contributed by atoms with Crippen LogP contribution in [0.25, 0.3) is 0 Å². The number of nitrogens with zero attached hydrogens (tertiary/aromatic N) is 3. The molecule has 1 aromatic rings. The summed E-state index contributed by atoms with van der Waals surface area (Å²) < 4.78 is 7.28. The molecule has 0 bridgehead atoms. The van der Waals surface area contributed by atoms with Gasteiger partial charge in [-0.25, -0.2) is 4.68 Å². The third-order valence-corrected chi connectivity index (χ3v) is 2.37. The second kappa shape index (κ2) is 4.52. The first-order valence-electron chi connectivity index (χ1n) is 5.00. The van der Waals surface area contributed by atoms with Crippen molar-refractivity contribution in [1.29, 1.82) is 0 Å². The van der Waals surface area contributed by atoms with Crippen LogP contribution in [-0.4, -0.2) is 39.4 Å². The van der Waals surface area contributed by atoms with Gasteiger partial charge in [0.05, 0.1) is 18.3 Å². The van der Waals surface area contributed by atoms with Crippen LogP contribution in [0.4, 0.5) is 0 Å². The summed E-state index contributed by atoms with van der Waals surface area (Å²) in [5.74, 6) is 0. The molecule has 0 amide bonds. The van der Waals surface area contributed by atoms with Gasteiger partial charge in [-0.1, -0.05) is 5.21 Å². The zero-order valence-electron chi connectivity index (χ0n) is 8.09. The zero-order chi connectivity index (χ0) is 9.80. The average Bonchev–Trinajstić information content (AvgIpc) is 2.79. The Morgan fingerprint density at radius 2 is 2.57 bits per heavy atom. The van der Waals surface area contributed by atoms with E-state index < -0.39 is 0 Å². The Hall–Kier alpha value is -0.940. The van der Waals surface area contributed by atoms with Crippen LogP contribution >= 0.6 is 0 Å². The van der Waals surface area contributed by atoms with Gasteiger partial charge in [0.2, 0.25) is 0 Å². The Kier molecular flexibility index (Phi) is 3.10. The highest BCUT2D eigenvalue weighted by Gasteiger charge is 2.16. The minimum atomic E-state index is 0.124. The van der Waals surface area contributed by atoms with Crippen LogP contribution in [0.1, 0.15) is 18.5 Å². The fraction of sp³-hybridized carbons (Fsp3) is 0.778. The molecule has 0 spiro atoms. The fourth-order valence-electron chi connectivity index (χ4n) is 1.65. The third kappa shape index (κ3) is 2.30. The van der Waals surface area contributed by atoms with E-state index >= 15 is 0 Å². The summed E-state index contributed by atoms with van der Waals surface area (Å²) in [7, 11) is 0. The van der Waals surface area contributed by atoms with Gasteiger partial charge in [-0.2, -0.15) is 0 Å². The lowest BCUT2D eigenvalue weighted by Gasteiger charge is -2.07. The monoisotopic (exact) mass is 197 g/mol. The first kappa shape index (κ1) is 9.61. The molecule has 1 fully saturated rings. The molecule has 0 saturated carbocycles. The van der Waals surface area contributed by atoms with Gasteiger partial charge in [-0.15, -0.1) is 5.10 Å². The van der Waals surface area contributed by atoms with Crippen LogP contribution in [0.2, 0.25) is 0 Å². The number of hydrogen-bond donors (Lipinski definition) is 1. The predicted molar refractivity (Wildman–Crippen MR) is 49.8 cm³/mol. The number of aromatic nitrogens is 3. The van der Waals surface area contributed by atoms with Crippen molar-refractivity contribution in [3.05, 3.63) is 11.9 Å². The van der Waals surface area contributed by atoms with Gasteiger partial charge in [0.1, 0.15) is 0 Å². The van der Waals surface area contributed by atoms with E-state index in [0.717, 1.165) is 31.7 Å². The van der Waals surface area contributed by atoms with Crippen LogP contribution in [0, 0.1) is 0 Å². The van der Waals surface area contributed by atoms with Gasteiger partial charge in [-0.3, -0.25) is 0 Å². The number of aliphatic hydroxyl groups excluding tert-OH is 1. The summed E-state index contributed by atoms with van der Waals surface area (Å²) in [5.41, 5.74) is 0.838. The molecule has 1 unspecified atom stereocenters. The van der Waals surface area contributed by atoms with E-state index in [1.807, 2.05) is 6.20 Å². The van der Waals surface area contributed by atoms with Gasteiger partial charge < -0.3 is 9.84 Å². The lowest BCUT2D eigenvalue weighted by atomic mass is 10.2. The normalized spacial score (nSPS) is 21.6. The van der Waals surface area contributed by atoms with Gasteiger partial charge in [-0.05, 0) is 12.8 Å². The molecule has 2 heterocycles. The summed E-state index contributed by atoms with van der Waals surface area (Å²) in [6, 6.07) is 0. The maximum absolute atomic E-state index is 8.71. The van der Waals surface area contributed by atoms with Gasteiger partial charge in [0, 0.05) is 25.8 Å². The Bertz CT molecular complexity index is 281. The SMILES string of the molecule is OCCc1cn(CC2CCCO2)nn1. The maximum atomic E-state index is 8.71. The predicted octanol–water partition coefficient (Wildman–Crippen LogP) is -0.00810. The third-order valence-electron chi connectivity index (χ3n) is 2.37. The van der Waals surface area contributed by atoms with E-state index in [1.165, 1.54) is 0 Å². The van der Waals surface area contributed by atoms with E-state index in [0.29, 0.717) is 12.5 Å². The van der Waals surface area contributed by atoms with Crippen LogP contribution < -0.4 is 0 Å². The van der Waals surface area contributed by atoms with E-state index in [4.69, 9.17) is 9.84 Å². The molecule has 1 aliphatic heterocycles. The van der Waals surface area contributed by atoms with Crippen molar-refractivity contribution < 1.29 is 9.84 Å². The number of hydrogen-bond acceptors (Lipinski definition) is 4. The van der Waals surface area contributed by atoms with Crippen molar-refractivity contribution in [3.63, 3.8) is 0 Å². The van der Waals surface area contributed by atoms with Crippen molar-refractivity contribution in [2.45, 2.75) is 31.9 Å². The molecular formula is C9H15N3O2. The quantitative estimate of drug-likeness (QED) is 0.737.